The topological polar surface area (TPSA) is 27.1 Å². The summed E-state index contributed by atoms with van der Waals surface area (Å²) >= 11 is 3.26. The van der Waals surface area contributed by atoms with Gasteiger partial charge < -0.3 is 4.74 Å². The summed E-state index contributed by atoms with van der Waals surface area (Å²) < 4.78 is 37.5. The molecule has 5 rings (SSSR count). The number of methoxy groups -OCH3 is 1. The van der Waals surface area contributed by atoms with Gasteiger partial charge in [-0.3, -0.25) is 4.57 Å². The normalized spacial score (nSPS) is 11.6. The van der Waals surface area contributed by atoms with Gasteiger partial charge in [0.25, 0.3) is 0 Å². The second-order valence-corrected chi connectivity index (χ2v) is 11.3. The Bertz CT molecular complexity index is 1670. The van der Waals surface area contributed by atoms with E-state index in [1.165, 1.54) is 18.2 Å². The van der Waals surface area contributed by atoms with Gasteiger partial charge in [-0.15, -0.1) is 0 Å². The highest BCUT2D eigenvalue weighted by Crippen LogP contribution is 2.42. The predicted molar refractivity (Wildman–Crippen MR) is 159 cm³/mol. The first kappa shape index (κ1) is 27.1. The van der Waals surface area contributed by atoms with Gasteiger partial charge in [-0.05, 0) is 87.8 Å². The molecule has 0 atom stereocenters. The van der Waals surface area contributed by atoms with Gasteiger partial charge in [-0.1, -0.05) is 58.0 Å². The highest BCUT2D eigenvalue weighted by molar-refractivity contribution is 9.10. The van der Waals surface area contributed by atoms with Crippen molar-refractivity contribution in [2.45, 2.75) is 40.0 Å². The molecule has 4 aromatic carbocycles. The van der Waals surface area contributed by atoms with Crippen LogP contribution < -0.4 is 4.74 Å². The van der Waals surface area contributed by atoms with E-state index in [4.69, 9.17) is 9.72 Å². The molecule has 0 saturated heterocycles. The van der Waals surface area contributed by atoms with Crippen LogP contribution in [0.2, 0.25) is 0 Å². The lowest BCUT2D eigenvalue weighted by atomic mass is 9.93. The summed E-state index contributed by atoms with van der Waals surface area (Å²) in [5, 5.41) is 0. The van der Waals surface area contributed by atoms with Crippen LogP contribution in [0.5, 0.6) is 5.75 Å². The zero-order valence-corrected chi connectivity index (χ0v) is 24.3. The van der Waals surface area contributed by atoms with Crippen LogP contribution in [-0.4, -0.2) is 16.7 Å². The number of hydrogen-bond acceptors (Lipinski definition) is 2. The van der Waals surface area contributed by atoms with Crippen molar-refractivity contribution in [1.82, 2.24) is 9.55 Å². The molecule has 0 unspecified atom stereocenters. The molecule has 6 heteroatoms. The standard InChI is InChI=1S/C33H31BrF2N2O/c1-19(2)17-21-9-8-10-23(20(3)4)32(21)38-28-12-7-6-11-27(28)37-33(38)22-13-16-29(39-5)24(18-22)30-25(35)14-15-26(36)31(30)34/h6-16,18-20H,17H2,1-5H3. The van der Waals surface area contributed by atoms with Crippen LogP contribution in [0.15, 0.2) is 77.3 Å². The van der Waals surface area contributed by atoms with Gasteiger partial charge in [0.15, 0.2) is 0 Å². The Labute approximate surface area is 236 Å². The number of nitrogens with zero attached hydrogens (tertiary/aromatic N) is 2. The first-order valence-corrected chi connectivity index (χ1v) is 13.9. The molecule has 0 spiro atoms. The summed E-state index contributed by atoms with van der Waals surface area (Å²) in [5.74, 6) is 0.822. The van der Waals surface area contributed by atoms with Gasteiger partial charge in [0.2, 0.25) is 0 Å². The number of benzene rings is 4. The zero-order valence-electron chi connectivity index (χ0n) is 22.7. The Balaban J connectivity index is 1.85. The maximum absolute atomic E-state index is 15.1. The number of rotatable bonds is 7. The van der Waals surface area contributed by atoms with E-state index < -0.39 is 11.6 Å². The average Bonchev–Trinajstić information content (AvgIpc) is 3.29. The van der Waals surface area contributed by atoms with E-state index in [0.717, 1.165) is 46.7 Å². The van der Waals surface area contributed by atoms with Crippen LogP contribution in [-0.2, 0) is 6.42 Å². The largest absolute Gasteiger partial charge is 0.496 e. The summed E-state index contributed by atoms with van der Waals surface area (Å²) in [7, 11) is 1.52. The number of para-hydroxylation sites is 3. The van der Waals surface area contributed by atoms with Gasteiger partial charge in [-0.25, -0.2) is 13.8 Å². The number of hydrogen-bond donors (Lipinski definition) is 0. The number of halogens is 3. The van der Waals surface area contributed by atoms with Crippen molar-refractivity contribution in [3.63, 3.8) is 0 Å². The Morgan fingerprint density at radius 3 is 2.36 bits per heavy atom. The Morgan fingerprint density at radius 1 is 0.897 bits per heavy atom. The number of aromatic nitrogens is 2. The zero-order chi connectivity index (χ0) is 27.8. The molecule has 1 heterocycles. The summed E-state index contributed by atoms with van der Waals surface area (Å²) in [6.07, 6.45) is 0.914. The molecule has 0 aliphatic carbocycles. The molecule has 0 saturated carbocycles. The highest BCUT2D eigenvalue weighted by atomic mass is 79.9. The third kappa shape index (κ3) is 4.98. The van der Waals surface area contributed by atoms with E-state index in [2.05, 4.69) is 72.5 Å². The first-order valence-electron chi connectivity index (χ1n) is 13.1. The maximum Gasteiger partial charge on any atom is 0.145 e. The first-order chi connectivity index (χ1) is 18.7. The molecular formula is C33H31BrF2N2O. The molecule has 0 bridgehead atoms. The minimum absolute atomic E-state index is 0.0517. The molecular weight excluding hydrogens is 558 g/mol. The molecule has 0 amide bonds. The number of imidazole rings is 1. The molecule has 0 aliphatic heterocycles. The molecule has 0 aliphatic rings. The fourth-order valence-electron chi connectivity index (χ4n) is 5.22. The van der Waals surface area contributed by atoms with Crippen LogP contribution in [0, 0.1) is 17.6 Å². The quantitative estimate of drug-likeness (QED) is 0.177. The van der Waals surface area contributed by atoms with E-state index in [1.807, 2.05) is 30.3 Å². The third-order valence-corrected chi connectivity index (χ3v) is 7.73. The van der Waals surface area contributed by atoms with Crippen molar-refractivity contribution >= 4 is 27.0 Å². The van der Waals surface area contributed by atoms with Gasteiger partial charge in [0.05, 0.1) is 28.3 Å². The lowest BCUT2D eigenvalue weighted by Crippen LogP contribution is -2.09. The van der Waals surface area contributed by atoms with E-state index >= 15 is 4.39 Å². The van der Waals surface area contributed by atoms with Crippen LogP contribution in [0.1, 0.15) is 44.7 Å². The van der Waals surface area contributed by atoms with Crippen molar-refractivity contribution in [2.24, 2.45) is 5.92 Å². The van der Waals surface area contributed by atoms with Crippen LogP contribution in [0.25, 0.3) is 39.2 Å². The lowest BCUT2D eigenvalue weighted by Gasteiger charge is -2.22. The molecule has 0 N–H and O–H groups in total. The minimum Gasteiger partial charge on any atom is -0.496 e. The fourth-order valence-corrected chi connectivity index (χ4v) is 5.75. The minimum atomic E-state index is -0.546. The predicted octanol–water partition coefficient (Wildman–Crippen LogP) is 9.73. The Hall–Kier alpha value is -3.51. The van der Waals surface area contributed by atoms with Crippen LogP contribution in [0.3, 0.4) is 0 Å². The van der Waals surface area contributed by atoms with E-state index in [-0.39, 0.29) is 16.0 Å². The fraction of sp³-hybridized carbons (Fsp3) is 0.242. The maximum atomic E-state index is 15.1. The molecule has 1 aromatic heterocycles. The van der Waals surface area contributed by atoms with Gasteiger partial charge in [-0.2, -0.15) is 0 Å². The lowest BCUT2D eigenvalue weighted by molar-refractivity contribution is 0.416. The summed E-state index contributed by atoms with van der Waals surface area (Å²) in [6.45, 7) is 8.85. The Morgan fingerprint density at radius 2 is 1.64 bits per heavy atom. The van der Waals surface area contributed by atoms with Crippen molar-refractivity contribution in [2.75, 3.05) is 7.11 Å². The van der Waals surface area contributed by atoms with E-state index in [9.17, 15) is 4.39 Å². The summed E-state index contributed by atoms with van der Waals surface area (Å²) in [5.41, 5.74) is 6.76. The average molecular weight is 590 g/mol. The number of fused-ring (bicyclic) bond motifs is 1. The number of ether oxygens (including phenoxy) is 1. The molecule has 200 valence electrons. The van der Waals surface area contributed by atoms with E-state index in [1.54, 1.807) is 6.07 Å². The van der Waals surface area contributed by atoms with E-state index in [0.29, 0.717) is 17.2 Å². The van der Waals surface area contributed by atoms with Gasteiger partial charge >= 0.3 is 0 Å². The highest BCUT2D eigenvalue weighted by Gasteiger charge is 2.23. The second-order valence-electron chi connectivity index (χ2n) is 10.5. The van der Waals surface area contributed by atoms with Crippen molar-refractivity contribution in [1.29, 1.82) is 0 Å². The summed E-state index contributed by atoms with van der Waals surface area (Å²) in [4.78, 5) is 5.08. The molecule has 5 aromatic rings. The van der Waals surface area contributed by atoms with Gasteiger partial charge in [0, 0.05) is 16.7 Å². The van der Waals surface area contributed by atoms with Crippen molar-refractivity contribution < 1.29 is 13.5 Å². The summed E-state index contributed by atoms with van der Waals surface area (Å²) in [6, 6.07) is 22.4. The van der Waals surface area contributed by atoms with Crippen molar-refractivity contribution in [3.8, 4) is 34.0 Å². The molecule has 0 radical (unpaired) electrons. The van der Waals surface area contributed by atoms with Crippen molar-refractivity contribution in [3.05, 3.63) is 100 Å². The molecule has 0 fully saturated rings. The molecule has 39 heavy (non-hydrogen) atoms. The molecule has 3 nitrogen and oxygen atoms in total. The third-order valence-electron chi connectivity index (χ3n) is 6.96. The smallest absolute Gasteiger partial charge is 0.145 e. The SMILES string of the molecule is COc1ccc(-c2nc3ccccc3n2-c2c(CC(C)C)cccc2C(C)C)cc1-c1c(F)ccc(F)c1Br. The van der Waals surface area contributed by atoms with Gasteiger partial charge in [0.1, 0.15) is 23.2 Å². The van der Waals surface area contributed by atoms with Crippen LogP contribution in [0.4, 0.5) is 8.78 Å². The van der Waals surface area contributed by atoms with Crippen LogP contribution >= 0.6 is 15.9 Å². The Kier molecular flexibility index (Phi) is 7.59. The monoisotopic (exact) mass is 588 g/mol. The second kappa shape index (κ2) is 10.9.